The average Bonchev–Trinajstić information content (AvgIpc) is 3.61. The zero-order valence-electron chi connectivity index (χ0n) is 22.0. The Kier molecular flexibility index (Phi) is 4.75. The summed E-state index contributed by atoms with van der Waals surface area (Å²) in [7, 11) is 1.58. The molecule has 8 rings (SSSR count). The summed E-state index contributed by atoms with van der Waals surface area (Å²) in [4.78, 5) is 45.8. The second-order valence-corrected chi connectivity index (χ2v) is 11.1. The lowest BCUT2D eigenvalue weighted by Crippen LogP contribution is -2.49. The van der Waals surface area contributed by atoms with E-state index in [0.29, 0.717) is 45.1 Å². The molecule has 7 heteroatoms. The summed E-state index contributed by atoms with van der Waals surface area (Å²) in [5, 5.41) is 6.75. The summed E-state index contributed by atoms with van der Waals surface area (Å²) in [6, 6.07) is 22.2. The van der Waals surface area contributed by atoms with Gasteiger partial charge in [0.05, 0.1) is 24.4 Å². The third-order valence-corrected chi connectivity index (χ3v) is 9.24. The number of benzene rings is 3. The van der Waals surface area contributed by atoms with Crippen LogP contribution < -0.4 is 15.4 Å². The molecule has 3 unspecified atom stereocenters. The van der Waals surface area contributed by atoms with Crippen LogP contribution in [0.3, 0.4) is 0 Å². The van der Waals surface area contributed by atoms with E-state index < -0.39 is 5.41 Å². The van der Waals surface area contributed by atoms with Crippen LogP contribution >= 0.6 is 0 Å². The predicted molar refractivity (Wildman–Crippen MR) is 150 cm³/mol. The molecule has 3 atom stereocenters. The highest BCUT2D eigenvalue weighted by Gasteiger charge is 2.65. The zero-order chi connectivity index (χ0) is 27.2. The van der Waals surface area contributed by atoms with Crippen LogP contribution in [0.25, 0.3) is 5.70 Å². The Morgan fingerprint density at radius 1 is 0.925 bits per heavy atom. The third kappa shape index (κ3) is 2.77. The molecule has 1 amide bonds. The Morgan fingerprint density at radius 2 is 1.65 bits per heavy atom. The van der Waals surface area contributed by atoms with Gasteiger partial charge in [0.1, 0.15) is 17.0 Å². The number of anilines is 1. The number of para-hydroxylation sites is 1. The van der Waals surface area contributed by atoms with Crippen molar-refractivity contribution >= 4 is 28.9 Å². The molecule has 7 nitrogen and oxygen atoms in total. The molecule has 2 aliphatic carbocycles. The number of carbonyl (C=O) groups excluding carboxylic acids is 3. The van der Waals surface area contributed by atoms with E-state index in [1.165, 1.54) is 0 Å². The van der Waals surface area contributed by atoms with E-state index in [0.717, 1.165) is 36.9 Å². The summed E-state index contributed by atoms with van der Waals surface area (Å²) in [6.45, 7) is 0. The molecule has 2 fully saturated rings. The third-order valence-electron chi connectivity index (χ3n) is 9.24. The van der Waals surface area contributed by atoms with Gasteiger partial charge in [-0.2, -0.15) is 0 Å². The van der Waals surface area contributed by atoms with Crippen LogP contribution in [0.5, 0.6) is 5.75 Å². The largest absolute Gasteiger partial charge is 0.497 e. The molecule has 1 saturated carbocycles. The predicted octanol–water partition coefficient (Wildman–Crippen LogP) is 4.82. The van der Waals surface area contributed by atoms with Crippen LogP contribution in [0.15, 0.2) is 89.8 Å². The van der Waals surface area contributed by atoms with Gasteiger partial charge < -0.3 is 20.3 Å². The molecule has 3 aromatic carbocycles. The molecular formula is C33H27N3O4. The smallest absolute Gasteiger partial charge is 0.244 e. The number of Topliss-reactive ketones (excluding diaryl/α,β-unsaturated/α-hetero) is 2. The SMILES string of the molecule is COc1ccc(C(=O)C2=C3NC4CCCCC4N3C3=C(C(=O)c4ccccc43)C23C(=O)Nc2ccccc23)cc1. The monoisotopic (exact) mass is 529 g/mol. The fraction of sp³-hybridized carbons (Fsp3) is 0.242. The number of nitrogens with zero attached hydrogens (tertiary/aromatic N) is 1. The van der Waals surface area contributed by atoms with Gasteiger partial charge in [-0.3, -0.25) is 14.4 Å². The number of methoxy groups -OCH3 is 1. The maximum atomic E-state index is 14.8. The van der Waals surface area contributed by atoms with E-state index in [-0.39, 0.29) is 29.6 Å². The standard InChI is InChI=1S/C33H27N3O4/c1-40-19-16-14-18(15-17-19)29(37)27-31-34-24-12-6-7-13-25(24)36(31)28-20-8-2-3-9-21(20)30(38)26(28)33(27)22-10-4-5-11-23(22)35-32(33)39/h2-5,8-11,14-17,24-25,34H,6-7,12-13H2,1H3,(H,35,39). The fourth-order valence-corrected chi connectivity index (χ4v) is 7.55. The Morgan fingerprint density at radius 3 is 2.45 bits per heavy atom. The van der Waals surface area contributed by atoms with Crippen LogP contribution in [0, 0.1) is 0 Å². The van der Waals surface area contributed by atoms with Gasteiger partial charge in [-0.25, -0.2) is 0 Å². The lowest BCUT2D eigenvalue weighted by Gasteiger charge is -2.42. The molecule has 0 radical (unpaired) electrons. The minimum absolute atomic E-state index is 0.0865. The van der Waals surface area contributed by atoms with Crippen molar-refractivity contribution < 1.29 is 19.1 Å². The highest BCUT2D eigenvalue weighted by Crippen LogP contribution is 2.60. The van der Waals surface area contributed by atoms with Gasteiger partial charge in [-0.1, -0.05) is 55.3 Å². The Labute approximate surface area is 231 Å². The summed E-state index contributed by atoms with van der Waals surface area (Å²) in [6.07, 6.45) is 4.06. The van der Waals surface area contributed by atoms with Gasteiger partial charge in [-0.05, 0) is 43.2 Å². The second-order valence-electron chi connectivity index (χ2n) is 11.1. The van der Waals surface area contributed by atoms with Crippen molar-refractivity contribution in [1.82, 2.24) is 10.2 Å². The molecule has 3 aliphatic heterocycles. The minimum Gasteiger partial charge on any atom is -0.497 e. The summed E-state index contributed by atoms with van der Waals surface area (Å²) < 4.78 is 5.33. The van der Waals surface area contributed by atoms with Crippen LogP contribution in [-0.4, -0.2) is 41.6 Å². The van der Waals surface area contributed by atoms with Crippen molar-refractivity contribution in [3.8, 4) is 5.75 Å². The first-order valence-electron chi connectivity index (χ1n) is 13.8. The fourth-order valence-electron chi connectivity index (χ4n) is 7.55. The normalized spacial score (nSPS) is 25.7. The lowest BCUT2D eigenvalue weighted by atomic mass is 9.64. The van der Waals surface area contributed by atoms with Gasteiger partial charge in [0, 0.05) is 39.6 Å². The van der Waals surface area contributed by atoms with E-state index in [9.17, 15) is 14.4 Å². The van der Waals surface area contributed by atoms with Crippen molar-refractivity contribution in [3.63, 3.8) is 0 Å². The van der Waals surface area contributed by atoms with Gasteiger partial charge in [0.25, 0.3) is 0 Å². The number of ketones is 2. The minimum atomic E-state index is -1.59. The number of hydrogen-bond acceptors (Lipinski definition) is 6. The maximum Gasteiger partial charge on any atom is 0.244 e. The van der Waals surface area contributed by atoms with Crippen molar-refractivity contribution in [1.29, 1.82) is 0 Å². The summed E-state index contributed by atoms with van der Waals surface area (Å²) >= 11 is 0. The van der Waals surface area contributed by atoms with E-state index in [4.69, 9.17) is 4.74 Å². The molecule has 0 aromatic heterocycles. The summed E-state index contributed by atoms with van der Waals surface area (Å²) in [5.41, 5.74) is 2.94. The highest BCUT2D eigenvalue weighted by molar-refractivity contribution is 6.33. The molecular weight excluding hydrogens is 502 g/mol. The van der Waals surface area contributed by atoms with Gasteiger partial charge in [0.2, 0.25) is 5.91 Å². The van der Waals surface area contributed by atoms with E-state index >= 15 is 0 Å². The number of fused-ring (bicyclic) bond motifs is 9. The number of ether oxygens (including phenoxy) is 1. The number of carbonyl (C=O) groups is 3. The van der Waals surface area contributed by atoms with Gasteiger partial charge >= 0.3 is 0 Å². The number of hydrogen-bond donors (Lipinski definition) is 2. The van der Waals surface area contributed by atoms with Gasteiger partial charge in [0.15, 0.2) is 11.6 Å². The van der Waals surface area contributed by atoms with Crippen LogP contribution in [0.4, 0.5) is 5.69 Å². The number of rotatable bonds is 3. The second kappa shape index (κ2) is 8.18. The van der Waals surface area contributed by atoms with Crippen molar-refractivity contribution in [2.24, 2.45) is 0 Å². The topological polar surface area (TPSA) is 87.7 Å². The molecule has 3 aromatic rings. The van der Waals surface area contributed by atoms with E-state index in [1.54, 1.807) is 31.4 Å². The number of nitrogens with one attached hydrogen (secondary N) is 2. The molecule has 5 aliphatic rings. The molecule has 40 heavy (non-hydrogen) atoms. The quantitative estimate of drug-likeness (QED) is 0.474. The summed E-state index contributed by atoms with van der Waals surface area (Å²) in [5.74, 6) is 0.428. The number of amides is 1. The molecule has 1 spiro atoms. The van der Waals surface area contributed by atoms with Crippen molar-refractivity contribution in [2.45, 2.75) is 43.2 Å². The van der Waals surface area contributed by atoms with Crippen LogP contribution in [-0.2, 0) is 10.2 Å². The van der Waals surface area contributed by atoms with E-state index in [2.05, 4.69) is 15.5 Å². The maximum absolute atomic E-state index is 14.8. The molecule has 0 bridgehead atoms. The van der Waals surface area contributed by atoms with E-state index in [1.807, 2.05) is 48.5 Å². The van der Waals surface area contributed by atoms with Crippen LogP contribution in [0.2, 0.25) is 0 Å². The Balaban J connectivity index is 1.48. The Hall–Kier alpha value is -4.65. The van der Waals surface area contributed by atoms with Crippen molar-refractivity contribution in [3.05, 3.63) is 112 Å². The van der Waals surface area contributed by atoms with Gasteiger partial charge in [-0.15, -0.1) is 0 Å². The average molecular weight is 530 g/mol. The van der Waals surface area contributed by atoms with Crippen LogP contribution in [0.1, 0.15) is 57.5 Å². The molecule has 198 valence electrons. The van der Waals surface area contributed by atoms with Crippen molar-refractivity contribution in [2.75, 3.05) is 12.4 Å². The Bertz CT molecular complexity index is 1720. The lowest BCUT2D eigenvalue weighted by molar-refractivity contribution is -0.118. The first kappa shape index (κ1) is 23.3. The first-order valence-corrected chi connectivity index (χ1v) is 13.8. The highest BCUT2D eigenvalue weighted by atomic mass is 16.5. The molecule has 2 N–H and O–H groups in total. The first-order chi connectivity index (χ1) is 19.6. The molecule has 1 saturated heterocycles. The zero-order valence-corrected chi connectivity index (χ0v) is 22.0. The molecule has 3 heterocycles.